The highest BCUT2D eigenvalue weighted by Crippen LogP contribution is 2.13. The molecule has 1 aliphatic rings. The monoisotopic (exact) mass is 292 g/mol. The minimum Gasteiger partial charge on any atom is -0.379 e. The Morgan fingerprint density at radius 3 is 2.85 bits per heavy atom. The van der Waals surface area contributed by atoms with Gasteiger partial charge in [0.25, 0.3) is 0 Å². The number of hydrogen-bond donors (Lipinski definition) is 1. The van der Waals surface area contributed by atoms with Crippen molar-refractivity contribution in [2.75, 3.05) is 32.8 Å². The van der Waals surface area contributed by atoms with Crippen molar-refractivity contribution < 1.29 is 4.74 Å². The van der Waals surface area contributed by atoms with Crippen molar-refractivity contribution in [1.82, 2.24) is 29.6 Å². The highest BCUT2D eigenvalue weighted by atomic mass is 32.1. The maximum atomic E-state index is 5.35. The Morgan fingerprint density at radius 1 is 1.25 bits per heavy atom. The molecule has 1 fully saturated rings. The van der Waals surface area contributed by atoms with E-state index in [0.29, 0.717) is 4.77 Å². The fourth-order valence-corrected chi connectivity index (χ4v) is 2.42. The van der Waals surface area contributed by atoms with Crippen LogP contribution in [0.25, 0.3) is 11.5 Å². The van der Waals surface area contributed by atoms with E-state index in [4.69, 9.17) is 17.0 Å². The van der Waals surface area contributed by atoms with Gasteiger partial charge in [-0.1, -0.05) is 0 Å². The molecule has 106 valence electrons. The van der Waals surface area contributed by atoms with E-state index in [1.807, 2.05) is 4.57 Å². The summed E-state index contributed by atoms with van der Waals surface area (Å²) in [5.74, 6) is 0.733. The van der Waals surface area contributed by atoms with Crippen LogP contribution in [-0.4, -0.2) is 62.5 Å². The molecule has 1 saturated heterocycles. The standard InChI is InChI=1S/C12H16N6OS/c20-12-16-15-11(10-9-13-1-2-14-10)18(12)4-3-17-5-7-19-8-6-17/h1-2,9H,3-8H2,(H,16,20). The first-order valence-electron chi connectivity index (χ1n) is 6.56. The number of aromatic amines is 1. The number of morpholine rings is 1. The summed E-state index contributed by atoms with van der Waals surface area (Å²) in [6.07, 6.45) is 4.98. The first kappa shape index (κ1) is 13.3. The SMILES string of the molecule is S=c1[nH]nc(-c2cnccn2)n1CCN1CCOCC1. The predicted molar refractivity (Wildman–Crippen MR) is 75.7 cm³/mol. The summed E-state index contributed by atoms with van der Waals surface area (Å²) in [5, 5.41) is 7.08. The number of rotatable bonds is 4. The van der Waals surface area contributed by atoms with Crippen LogP contribution in [0.4, 0.5) is 0 Å². The molecule has 0 bridgehead atoms. The maximum Gasteiger partial charge on any atom is 0.195 e. The van der Waals surface area contributed by atoms with E-state index in [1.165, 1.54) is 0 Å². The van der Waals surface area contributed by atoms with Crippen molar-refractivity contribution in [1.29, 1.82) is 0 Å². The first-order chi connectivity index (χ1) is 9.84. The number of H-pyrrole nitrogens is 1. The summed E-state index contributed by atoms with van der Waals surface area (Å²) in [4.78, 5) is 10.7. The molecule has 0 aliphatic carbocycles. The van der Waals surface area contributed by atoms with Crippen molar-refractivity contribution in [2.45, 2.75) is 6.54 Å². The van der Waals surface area contributed by atoms with Gasteiger partial charge in [0, 0.05) is 38.6 Å². The van der Waals surface area contributed by atoms with E-state index in [0.717, 1.165) is 50.9 Å². The molecule has 7 nitrogen and oxygen atoms in total. The molecule has 0 radical (unpaired) electrons. The van der Waals surface area contributed by atoms with Gasteiger partial charge in [0.1, 0.15) is 5.69 Å². The molecule has 0 amide bonds. The lowest BCUT2D eigenvalue weighted by atomic mass is 10.4. The Morgan fingerprint density at radius 2 is 2.10 bits per heavy atom. The third-order valence-corrected chi connectivity index (χ3v) is 3.61. The van der Waals surface area contributed by atoms with Crippen LogP contribution in [0, 0.1) is 4.77 Å². The summed E-state index contributed by atoms with van der Waals surface area (Å²) in [7, 11) is 0. The second-order valence-electron chi connectivity index (χ2n) is 4.55. The summed E-state index contributed by atoms with van der Waals surface area (Å²) in [5.41, 5.74) is 0.724. The first-order valence-corrected chi connectivity index (χ1v) is 6.97. The van der Waals surface area contributed by atoms with Gasteiger partial charge in [0.05, 0.1) is 19.4 Å². The van der Waals surface area contributed by atoms with Crippen LogP contribution >= 0.6 is 12.2 Å². The lowest BCUT2D eigenvalue weighted by Gasteiger charge is -2.26. The van der Waals surface area contributed by atoms with Crippen molar-refractivity contribution >= 4 is 12.2 Å². The van der Waals surface area contributed by atoms with Crippen molar-refractivity contribution in [2.24, 2.45) is 0 Å². The van der Waals surface area contributed by atoms with E-state index in [-0.39, 0.29) is 0 Å². The summed E-state index contributed by atoms with van der Waals surface area (Å²) in [6, 6.07) is 0. The fraction of sp³-hybridized carbons (Fsp3) is 0.500. The molecule has 2 aromatic heterocycles. The molecular formula is C12H16N6OS. The second kappa shape index (κ2) is 6.21. The van der Waals surface area contributed by atoms with Crippen LogP contribution < -0.4 is 0 Å². The Kier molecular flexibility index (Phi) is 4.14. The topological polar surface area (TPSA) is 71.9 Å². The van der Waals surface area contributed by atoms with Gasteiger partial charge in [0.2, 0.25) is 0 Å². The largest absolute Gasteiger partial charge is 0.379 e. The molecule has 0 atom stereocenters. The molecule has 3 heterocycles. The predicted octanol–water partition coefficient (Wildman–Crippen LogP) is 0.730. The molecule has 1 N–H and O–H groups in total. The lowest BCUT2D eigenvalue weighted by Crippen LogP contribution is -2.38. The summed E-state index contributed by atoms with van der Waals surface area (Å²) < 4.78 is 7.92. The Labute approximate surface area is 121 Å². The summed E-state index contributed by atoms with van der Waals surface area (Å²) in [6.45, 7) is 5.23. The highest BCUT2D eigenvalue weighted by molar-refractivity contribution is 7.71. The van der Waals surface area contributed by atoms with Crippen LogP contribution in [0.3, 0.4) is 0 Å². The van der Waals surface area contributed by atoms with Gasteiger partial charge in [-0.2, -0.15) is 5.10 Å². The Balaban J connectivity index is 1.76. The van der Waals surface area contributed by atoms with Gasteiger partial charge in [-0.15, -0.1) is 0 Å². The van der Waals surface area contributed by atoms with Gasteiger partial charge < -0.3 is 4.74 Å². The van der Waals surface area contributed by atoms with E-state index in [2.05, 4.69) is 25.1 Å². The smallest absolute Gasteiger partial charge is 0.195 e. The zero-order valence-electron chi connectivity index (χ0n) is 11.0. The zero-order chi connectivity index (χ0) is 13.8. The van der Waals surface area contributed by atoms with Gasteiger partial charge in [-0.05, 0) is 12.2 Å². The normalized spacial score (nSPS) is 16.4. The molecule has 0 aromatic carbocycles. The molecule has 0 spiro atoms. The van der Waals surface area contributed by atoms with Gasteiger partial charge in [-0.3, -0.25) is 19.5 Å². The van der Waals surface area contributed by atoms with Crippen LogP contribution in [-0.2, 0) is 11.3 Å². The average Bonchev–Trinajstić information content (AvgIpc) is 2.88. The molecule has 1 aliphatic heterocycles. The highest BCUT2D eigenvalue weighted by Gasteiger charge is 2.13. The average molecular weight is 292 g/mol. The minimum absolute atomic E-state index is 0.610. The van der Waals surface area contributed by atoms with E-state index in [1.54, 1.807) is 18.6 Å². The van der Waals surface area contributed by atoms with E-state index >= 15 is 0 Å². The molecular weight excluding hydrogens is 276 g/mol. The maximum absolute atomic E-state index is 5.35. The molecule has 3 rings (SSSR count). The van der Waals surface area contributed by atoms with Gasteiger partial charge >= 0.3 is 0 Å². The van der Waals surface area contributed by atoms with E-state index in [9.17, 15) is 0 Å². The number of hydrogen-bond acceptors (Lipinski definition) is 6. The van der Waals surface area contributed by atoms with Crippen LogP contribution in [0.1, 0.15) is 0 Å². The number of nitrogens with zero attached hydrogens (tertiary/aromatic N) is 5. The third-order valence-electron chi connectivity index (χ3n) is 3.29. The van der Waals surface area contributed by atoms with Crippen LogP contribution in [0.2, 0.25) is 0 Å². The lowest BCUT2D eigenvalue weighted by molar-refractivity contribution is 0.0364. The second-order valence-corrected chi connectivity index (χ2v) is 4.94. The number of nitrogens with one attached hydrogen (secondary N) is 1. The molecule has 2 aromatic rings. The van der Waals surface area contributed by atoms with Crippen molar-refractivity contribution in [3.8, 4) is 11.5 Å². The van der Waals surface area contributed by atoms with Crippen LogP contribution in [0.5, 0.6) is 0 Å². The molecule has 8 heteroatoms. The zero-order valence-corrected chi connectivity index (χ0v) is 11.8. The Hall–Kier alpha value is -1.64. The third kappa shape index (κ3) is 2.92. The van der Waals surface area contributed by atoms with Gasteiger partial charge in [0.15, 0.2) is 10.6 Å². The van der Waals surface area contributed by atoms with E-state index < -0.39 is 0 Å². The molecule has 20 heavy (non-hydrogen) atoms. The summed E-state index contributed by atoms with van der Waals surface area (Å²) >= 11 is 5.29. The van der Waals surface area contributed by atoms with Crippen LogP contribution in [0.15, 0.2) is 18.6 Å². The number of ether oxygens (including phenoxy) is 1. The minimum atomic E-state index is 0.610. The molecule has 0 unspecified atom stereocenters. The Bertz CT molecular complexity index is 604. The number of aromatic nitrogens is 5. The van der Waals surface area contributed by atoms with Crippen molar-refractivity contribution in [3.63, 3.8) is 0 Å². The quantitative estimate of drug-likeness (QED) is 0.838. The molecule has 0 saturated carbocycles. The van der Waals surface area contributed by atoms with Crippen molar-refractivity contribution in [3.05, 3.63) is 23.4 Å². The van der Waals surface area contributed by atoms with Gasteiger partial charge in [-0.25, -0.2) is 4.98 Å². The fourth-order valence-electron chi connectivity index (χ4n) is 2.20.